The molecule has 2 aromatic carbocycles. The van der Waals surface area contributed by atoms with Crippen molar-refractivity contribution < 1.29 is 14.6 Å². The van der Waals surface area contributed by atoms with E-state index in [1.54, 1.807) is 6.07 Å². The monoisotopic (exact) mass is 241 g/mol. The Bertz CT molecular complexity index is 670. The molecule has 1 aliphatic heterocycles. The average molecular weight is 241 g/mol. The van der Waals surface area contributed by atoms with Crippen molar-refractivity contribution in [3.8, 4) is 0 Å². The van der Waals surface area contributed by atoms with E-state index in [1.165, 1.54) is 0 Å². The summed E-state index contributed by atoms with van der Waals surface area (Å²) in [5, 5.41) is 11.4. The summed E-state index contributed by atoms with van der Waals surface area (Å²) < 4.78 is 5.24. The Morgan fingerprint density at radius 1 is 1.11 bits per heavy atom. The number of ether oxygens (including phenoxy) is 1. The van der Waals surface area contributed by atoms with Crippen LogP contribution in [0.1, 0.15) is 11.7 Å². The quantitative estimate of drug-likeness (QED) is 0.802. The van der Waals surface area contributed by atoms with Gasteiger partial charge in [-0.15, -0.1) is 0 Å². The number of rotatable bonds is 1. The number of hydrogen-bond donors (Lipinski definition) is 2. The Morgan fingerprint density at radius 2 is 1.83 bits per heavy atom. The number of benzene rings is 2. The minimum atomic E-state index is -0.851. The minimum absolute atomic E-state index is 0.210. The third kappa shape index (κ3) is 1.43. The fourth-order valence-corrected chi connectivity index (χ4v) is 2.17. The van der Waals surface area contributed by atoms with E-state index in [0.717, 1.165) is 10.8 Å². The van der Waals surface area contributed by atoms with E-state index in [4.69, 9.17) is 10.5 Å². The van der Waals surface area contributed by atoms with E-state index in [-0.39, 0.29) is 5.88 Å². The lowest BCUT2D eigenvalue weighted by atomic mass is 9.98. The van der Waals surface area contributed by atoms with E-state index < -0.39 is 17.6 Å². The molecule has 1 unspecified atom stereocenters. The Morgan fingerprint density at radius 3 is 2.56 bits per heavy atom. The molecule has 1 heterocycles. The molecule has 0 aromatic heterocycles. The molecule has 4 heteroatoms. The van der Waals surface area contributed by atoms with Gasteiger partial charge < -0.3 is 15.6 Å². The van der Waals surface area contributed by atoms with Crippen molar-refractivity contribution in [1.82, 2.24) is 0 Å². The standard InChI is InChI=1S/C14H11NO3/c15-14-12(17)11(16)13(18-14)10-7-3-5-8-4-1-2-6-9(8)10/h1-7,13,17H,15H2. The first-order valence-electron chi connectivity index (χ1n) is 5.55. The van der Waals surface area contributed by atoms with Crippen LogP contribution in [0.4, 0.5) is 0 Å². The first-order valence-corrected chi connectivity index (χ1v) is 5.55. The van der Waals surface area contributed by atoms with Crippen LogP contribution in [0.2, 0.25) is 0 Å². The maximum atomic E-state index is 11.8. The number of ketones is 1. The zero-order valence-corrected chi connectivity index (χ0v) is 9.46. The maximum Gasteiger partial charge on any atom is 0.247 e. The summed E-state index contributed by atoms with van der Waals surface area (Å²) in [5.41, 5.74) is 6.14. The van der Waals surface area contributed by atoms with Crippen LogP contribution in [0.15, 0.2) is 54.1 Å². The first kappa shape index (κ1) is 10.7. The molecule has 2 aromatic rings. The van der Waals surface area contributed by atoms with Crippen LogP contribution >= 0.6 is 0 Å². The van der Waals surface area contributed by atoms with E-state index >= 15 is 0 Å². The van der Waals surface area contributed by atoms with Gasteiger partial charge in [-0.3, -0.25) is 4.79 Å². The molecule has 0 amide bonds. The second-order valence-electron chi connectivity index (χ2n) is 4.14. The van der Waals surface area contributed by atoms with Crippen LogP contribution in [0, 0.1) is 0 Å². The van der Waals surface area contributed by atoms with Crippen LogP contribution in [0.5, 0.6) is 0 Å². The summed E-state index contributed by atoms with van der Waals surface area (Å²) in [7, 11) is 0. The minimum Gasteiger partial charge on any atom is -0.501 e. The summed E-state index contributed by atoms with van der Waals surface area (Å²) in [6, 6.07) is 13.3. The molecule has 0 aliphatic carbocycles. The number of Topliss-reactive ketones (excluding diaryl/α,β-unsaturated/α-hetero) is 1. The molecule has 3 rings (SSSR count). The molecule has 0 saturated heterocycles. The highest BCUT2D eigenvalue weighted by Gasteiger charge is 2.36. The normalized spacial score (nSPS) is 19.3. The molecule has 90 valence electrons. The van der Waals surface area contributed by atoms with Gasteiger partial charge >= 0.3 is 0 Å². The number of hydrogen-bond acceptors (Lipinski definition) is 4. The molecular formula is C14H11NO3. The molecule has 4 nitrogen and oxygen atoms in total. The van der Waals surface area contributed by atoms with Crippen molar-refractivity contribution in [3.05, 3.63) is 59.7 Å². The predicted molar refractivity (Wildman–Crippen MR) is 66.6 cm³/mol. The number of carbonyl (C=O) groups is 1. The van der Waals surface area contributed by atoms with Crippen LogP contribution in [0.25, 0.3) is 10.8 Å². The third-order valence-corrected chi connectivity index (χ3v) is 3.06. The van der Waals surface area contributed by atoms with Gasteiger partial charge in [0.1, 0.15) is 0 Å². The molecule has 0 bridgehead atoms. The van der Waals surface area contributed by atoms with Crippen molar-refractivity contribution in [1.29, 1.82) is 0 Å². The van der Waals surface area contributed by atoms with Crippen molar-refractivity contribution >= 4 is 16.6 Å². The molecule has 1 aliphatic rings. The van der Waals surface area contributed by atoms with Gasteiger partial charge in [-0.2, -0.15) is 0 Å². The summed E-state index contributed by atoms with van der Waals surface area (Å²) in [5.74, 6) is -1.20. The lowest BCUT2D eigenvalue weighted by Crippen LogP contribution is -2.10. The summed E-state index contributed by atoms with van der Waals surface area (Å²) >= 11 is 0. The molecule has 3 N–H and O–H groups in total. The van der Waals surface area contributed by atoms with Crippen molar-refractivity contribution in [3.63, 3.8) is 0 Å². The van der Waals surface area contributed by atoms with Crippen molar-refractivity contribution in [2.75, 3.05) is 0 Å². The fourth-order valence-electron chi connectivity index (χ4n) is 2.17. The summed E-state index contributed by atoms with van der Waals surface area (Å²) in [6.07, 6.45) is -0.851. The van der Waals surface area contributed by atoms with Gasteiger partial charge in [0.2, 0.25) is 17.4 Å². The van der Waals surface area contributed by atoms with E-state index in [1.807, 2.05) is 36.4 Å². The Hall–Kier alpha value is -2.49. The Kier molecular flexibility index (Phi) is 2.23. The average Bonchev–Trinajstić information content (AvgIpc) is 2.66. The lowest BCUT2D eigenvalue weighted by molar-refractivity contribution is -0.123. The SMILES string of the molecule is NC1=C(O)C(=O)C(c2cccc3ccccc23)O1. The van der Waals surface area contributed by atoms with Crippen LogP contribution < -0.4 is 5.73 Å². The number of fused-ring (bicyclic) bond motifs is 1. The third-order valence-electron chi connectivity index (χ3n) is 3.06. The zero-order valence-electron chi connectivity index (χ0n) is 9.46. The largest absolute Gasteiger partial charge is 0.501 e. The number of aliphatic hydroxyl groups is 1. The fraction of sp³-hybridized carbons (Fsp3) is 0.0714. The number of carbonyl (C=O) groups excluding carboxylic acids is 1. The summed E-state index contributed by atoms with van der Waals surface area (Å²) in [4.78, 5) is 11.8. The van der Waals surface area contributed by atoms with E-state index in [0.29, 0.717) is 5.56 Å². The highest BCUT2D eigenvalue weighted by Crippen LogP contribution is 2.33. The smallest absolute Gasteiger partial charge is 0.247 e. The molecule has 0 spiro atoms. The van der Waals surface area contributed by atoms with Crippen molar-refractivity contribution in [2.24, 2.45) is 5.73 Å². The second kappa shape index (κ2) is 3.77. The Labute approximate surface area is 103 Å². The highest BCUT2D eigenvalue weighted by atomic mass is 16.5. The molecule has 1 atom stereocenters. The predicted octanol–water partition coefficient (Wildman–Crippen LogP) is 2.17. The number of aliphatic hydroxyl groups excluding tert-OH is 1. The van der Waals surface area contributed by atoms with E-state index in [9.17, 15) is 9.90 Å². The Balaban J connectivity index is 2.15. The topological polar surface area (TPSA) is 72.5 Å². The van der Waals surface area contributed by atoms with Gasteiger partial charge in [0.25, 0.3) is 0 Å². The van der Waals surface area contributed by atoms with Gasteiger partial charge in [-0.05, 0) is 10.8 Å². The molecular weight excluding hydrogens is 230 g/mol. The zero-order chi connectivity index (χ0) is 12.7. The second-order valence-corrected chi connectivity index (χ2v) is 4.14. The molecule has 18 heavy (non-hydrogen) atoms. The van der Waals surface area contributed by atoms with Gasteiger partial charge in [-0.25, -0.2) is 0 Å². The number of nitrogens with two attached hydrogens (primary N) is 1. The van der Waals surface area contributed by atoms with Crippen LogP contribution in [-0.4, -0.2) is 10.9 Å². The van der Waals surface area contributed by atoms with Crippen molar-refractivity contribution in [2.45, 2.75) is 6.10 Å². The van der Waals surface area contributed by atoms with E-state index in [2.05, 4.69) is 0 Å². The highest BCUT2D eigenvalue weighted by molar-refractivity contribution is 6.02. The van der Waals surface area contributed by atoms with Gasteiger partial charge in [0.05, 0.1) is 0 Å². The van der Waals surface area contributed by atoms with Gasteiger partial charge in [0.15, 0.2) is 6.10 Å². The molecule has 0 saturated carbocycles. The molecule has 0 fully saturated rings. The lowest BCUT2D eigenvalue weighted by Gasteiger charge is -2.12. The van der Waals surface area contributed by atoms with Gasteiger partial charge in [0, 0.05) is 5.56 Å². The first-order chi connectivity index (χ1) is 8.68. The van der Waals surface area contributed by atoms with Gasteiger partial charge in [-0.1, -0.05) is 42.5 Å². The maximum absolute atomic E-state index is 11.8. The summed E-state index contributed by atoms with van der Waals surface area (Å²) in [6.45, 7) is 0. The van der Waals surface area contributed by atoms with Crippen LogP contribution in [-0.2, 0) is 9.53 Å². The van der Waals surface area contributed by atoms with Crippen LogP contribution in [0.3, 0.4) is 0 Å². The molecule has 0 radical (unpaired) electrons.